The lowest BCUT2D eigenvalue weighted by atomic mass is 9.85. The molecule has 15 nitrogen and oxygen atoms in total. The van der Waals surface area contributed by atoms with Gasteiger partial charge in [0.2, 0.25) is 21.8 Å². The summed E-state index contributed by atoms with van der Waals surface area (Å²) in [7, 11) is -3.93. The van der Waals surface area contributed by atoms with E-state index in [4.69, 9.17) is 19.2 Å². The molecule has 2 aromatic heterocycles. The molecule has 11 atom stereocenters. The van der Waals surface area contributed by atoms with Crippen molar-refractivity contribution in [3.8, 4) is 33.5 Å². The SMILES string of the molecule is CC[C@@H]1C[C@H](C)CC/C=C\[C@@H]2C[C@@]2(C(=O)NS(=O)(=O)C2CC2)NC(=O)[C@@H]2C[C@@H](Oc3cc(-c4ccc(OC(C)C)cc4)nc(-c4nccs4)c3)CN2C(=O)[C@H]1NC(=O)OC1C[C@@H]2C(C)[C@@H]2C1. The van der Waals surface area contributed by atoms with E-state index in [0.29, 0.717) is 72.0 Å². The van der Waals surface area contributed by atoms with Gasteiger partial charge in [0.25, 0.3) is 5.91 Å². The van der Waals surface area contributed by atoms with Crippen molar-refractivity contribution in [2.45, 2.75) is 140 Å². The van der Waals surface area contributed by atoms with Crippen molar-refractivity contribution in [3.05, 3.63) is 60.1 Å². The zero-order chi connectivity index (χ0) is 46.5. The van der Waals surface area contributed by atoms with Crippen LogP contribution < -0.4 is 24.8 Å². The maximum Gasteiger partial charge on any atom is 0.408 e. The number of carbonyl (C=O) groups excluding carboxylic acids is 4. The van der Waals surface area contributed by atoms with Gasteiger partial charge in [-0.15, -0.1) is 11.3 Å². The molecular formula is C49H62N6O9S2. The van der Waals surface area contributed by atoms with Crippen LogP contribution in [0.4, 0.5) is 4.79 Å². The highest BCUT2D eigenvalue weighted by Crippen LogP contribution is 2.57. The first-order valence-electron chi connectivity index (χ1n) is 23.8. The number of hydrogen-bond donors (Lipinski definition) is 3. The predicted octanol–water partition coefficient (Wildman–Crippen LogP) is 7.03. The topological polar surface area (TPSA) is 195 Å². The molecule has 2 aliphatic heterocycles. The fraction of sp³-hybridized carbons (Fsp3) is 0.592. The van der Waals surface area contributed by atoms with E-state index < -0.39 is 68.7 Å². The Morgan fingerprint density at radius 3 is 2.41 bits per heavy atom. The molecule has 2 unspecified atom stereocenters. The fourth-order valence-electron chi connectivity index (χ4n) is 10.6. The molecule has 0 bridgehead atoms. The van der Waals surface area contributed by atoms with Crippen LogP contribution in [-0.2, 0) is 29.1 Å². The number of nitrogens with zero attached hydrogens (tertiary/aromatic N) is 3. The Labute approximate surface area is 391 Å². The summed E-state index contributed by atoms with van der Waals surface area (Å²) < 4.78 is 47.0. The third-order valence-corrected chi connectivity index (χ3v) is 17.2. The van der Waals surface area contributed by atoms with Gasteiger partial charge < -0.3 is 29.7 Å². The molecule has 9 rings (SSSR count). The quantitative estimate of drug-likeness (QED) is 0.158. The Morgan fingerprint density at radius 1 is 0.985 bits per heavy atom. The standard InChI is InChI=1S/C49H62N6O9S2/c1-6-30-19-28(4)9-7-8-10-32-25-49(32,47(58)54-66(60,61)37-15-16-37)53-44(56)42-24-36(26-55(42)46(57)43(30)52-48(59)64-34-20-38-29(5)39(38)21-34)63-35-22-40(51-41(23-35)45-50-17-18-65-45)31-11-13-33(14-12-31)62-27(2)3/h8,10-14,17-18,22-23,27-30,32,34,36-39,42-43H,6-7,9,15-16,19-21,24-26H2,1-5H3,(H,52,59)(H,53,56)(H,54,58)/b10-8-/t28-,29?,30-,32-,34?,36-,38-,39+,42+,43+,49-/m1/s1. The van der Waals surface area contributed by atoms with Crippen LogP contribution in [0.2, 0.25) is 0 Å². The Kier molecular flexibility index (Phi) is 13.0. The van der Waals surface area contributed by atoms with Crippen molar-refractivity contribution in [2.75, 3.05) is 6.54 Å². The average molecular weight is 943 g/mol. The Hall–Kier alpha value is -5.03. The molecule has 17 heteroatoms. The number of carbonyl (C=O) groups is 4. The van der Waals surface area contributed by atoms with Crippen LogP contribution in [0.15, 0.2) is 60.1 Å². The Bertz CT molecular complexity index is 2430. The number of thiazole rings is 1. The number of nitrogens with one attached hydrogen (secondary N) is 3. The third-order valence-electron chi connectivity index (χ3n) is 14.6. The first-order valence-corrected chi connectivity index (χ1v) is 26.2. The molecule has 6 aliphatic rings. The van der Waals surface area contributed by atoms with Gasteiger partial charge in [-0.25, -0.2) is 23.2 Å². The second kappa shape index (κ2) is 18.6. The number of sulfonamides is 1. The number of pyridine rings is 1. The van der Waals surface area contributed by atoms with Crippen LogP contribution in [0.1, 0.15) is 98.8 Å². The van der Waals surface area contributed by atoms with Crippen molar-refractivity contribution in [1.82, 2.24) is 30.2 Å². The summed E-state index contributed by atoms with van der Waals surface area (Å²) in [5.41, 5.74) is 0.489. The lowest BCUT2D eigenvalue weighted by Gasteiger charge is -2.34. The van der Waals surface area contributed by atoms with Gasteiger partial charge in [0.1, 0.15) is 52.0 Å². The largest absolute Gasteiger partial charge is 0.491 e. The van der Waals surface area contributed by atoms with Crippen LogP contribution in [0.5, 0.6) is 11.5 Å². The van der Waals surface area contributed by atoms with Crippen molar-refractivity contribution in [1.29, 1.82) is 0 Å². The highest BCUT2D eigenvalue weighted by Gasteiger charge is 2.62. The second-order valence-electron chi connectivity index (χ2n) is 19.9. The smallest absolute Gasteiger partial charge is 0.408 e. The molecule has 4 saturated carbocycles. The normalized spacial score (nSPS) is 32.4. The van der Waals surface area contributed by atoms with Gasteiger partial charge in [-0.2, -0.15) is 0 Å². The molecule has 5 fully saturated rings. The van der Waals surface area contributed by atoms with E-state index in [1.165, 1.54) is 16.2 Å². The van der Waals surface area contributed by atoms with Gasteiger partial charge in [0.15, 0.2) is 0 Å². The fourth-order valence-corrected chi connectivity index (χ4v) is 12.6. The Morgan fingerprint density at radius 2 is 1.73 bits per heavy atom. The maximum atomic E-state index is 15.3. The minimum Gasteiger partial charge on any atom is -0.491 e. The lowest BCUT2D eigenvalue weighted by Crippen LogP contribution is -2.59. The van der Waals surface area contributed by atoms with Crippen LogP contribution in [-0.4, -0.2) is 94.8 Å². The molecule has 4 heterocycles. The first kappa shape index (κ1) is 46.1. The molecule has 3 N–H and O–H groups in total. The number of rotatable bonds is 12. The van der Waals surface area contributed by atoms with Gasteiger partial charge in [-0.05, 0) is 119 Å². The molecule has 0 spiro atoms. The molecule has 354 valence electrons. The van der Waals surface area contributed by atoms with E-state index in [1.807, 2.05) is 68.6 Å². The molecule has 4 aliphatic carbocycles. The molecular weight excluding hydrogens is 881 g/mol. The predicted molar refractivity (Wildman–Crippen MR) is 249 cm³/mol. The summed E-state index contributed by atoms with van der Waals surface area (Å²) in [6, 6.07) is 9.08. The van der Waals surface area contributed by atoms with Crippen LogP contribution in [0.3, 0.4) is 0 Å². The van der Waals surface area contributed by atoms with Gasteiger partial charge in [-0.1, -0.05) is 39.3 Å². The molecule has 0 radical (unpaired) electrons. The lowest BCUT2D eigenvalue weighted by molar-refractivity contribution is -0.142. The van der Waals surface area contributed by atoms with Gasteiger partial charge in [0.05, 0.1) is 23.6 Å². The highest BCUT2D eigenvalue weighted by atomic mass is 32.2. The Balaban J connectivity index is 1.04. The second-order valence-corrected chi connectivity index (χ2v) is 22.7. The molecule has 1 aromatic carbocycles. The zero-order valence-corrected chi connectivity index (χ0v) is 39.9. The summed E-state index contributed by atoms with van der Waals surface area (Å²) in [5, 5.41) is 7.87. The van der Waals surface area contributed by atoms with Gasteiger partial charge in [0, 0.05) is 41.6 Å². The number of ether oxygens (including phenoxy) is 3. The van der Waals surface area contributed by atoms with Crippen LogP contribution in [0, 0.1) is 35.5 Å². The summed E-state index contributed by atoms with van der Waals surface area (Å²) in [6.07, 6.45) is 9.52. The minimum absolute atomic E-state index is 0.00758. The van der Waals surface area contributed by atoms with Crippen molar-refractivity contribution < 1.29 is 41.8 Å². The van der Waals surface area contributed by atoms with Crippen molar-refractivity contribution >= 4 is 45.2 Å². The average Bonchev–Trinajstić information content (AvgIpc) is 4.19. The number of benzene rings is 1. The number of allylic oxidation sites excluding steroid dienone is 1. The third kappa shape index (κ3) is 9.97. The van der Waals surface area contributed by atoms with E-state index in [1.54, 1.807) is 12.3 Å². The number of aromatic nitrogens is 2. The zero-order valence-electron chi connectivity index (χ0n) is 38.3. The molecule has 4 amide bonds. The van der Waals surface area contributed by atoms with E-state index in [9.17, 15) is 22.8 Å². The van der Waals surface area contributed by atoms with E-state index in [0.717, 1.165) is 30.6 Å². The summed E-state index contributed by atoms with van der Waals surface area (Å²) >= 11 is 1.43. The van der Waals surface area contributed by atoms with E-state index in [-0.39, 0.29) is 43.4 Å². The van der Waals surface area contributed by atoms with E-state index in [2.05, 4.69) is 34.2 Å². The summed E-state index contributed by atoms with van der Waals surface area (Å²) in [5.74, 6) is 0.526. The molecule has 3 aromatic rings. The number of alkyl carbamates (subject to hydrolysis) is 1. The minimum atomic E-state index is -3.93. The van der Waals surface area contributed by atoms with E-state index >= 15 is 4.79 Å². The number of amides is 4. The van der Waals surface area contributed by atoms with Gasteiger partial charge >= 0.3 is 6.09 Å². The number of hydrogen-bond acceptors (Lipinski definition) is 12. The monoisotopic (exact) mass is 942 g/mol. The molecule has 66 heavy (non-hydrogen) atoms. The van der Waals surface area contributed by atoms with Gasteiger partial charge in [-0.3, -0.25) is 19.1 Å². The molecule has 1 saturated heterocycles. The maximum absolute atomic E-state index is 15.3. The van der Waals surface area contributed by atoms with Crippen LogP contribution >= 0.6 is 11.3 Å². The first-order chi connectivity index (χ1) is 31.6. The van der Waals surface area contributed by atoms with Crippen molar-refractivity contribution in [3.63, 3.8) is 0 Å². The highest BCUT2D eigenvalue weighted by molar-refractivity contribution is 7.91. The van der Waals surface area contributed by atoms with Crippen LogP contribution in [0.25, 0.3) is 22.0 Å². The van der Waals surface area contributed by atoms with Crippen molar-refractivity contribution in [2.24, 2.45) is 35.5 Å². The summed E-state index contributed by atoms with van der Waals surface area (Å²) in [6.45, 7) is 10.3. The summed E-state index contributed by atoms with van der Waals surface area (Å²) in [4.78, 5) is 68.9. The number of fused-ring (bicyclic) bond motifs is 3.